The fourth-order valence-corrected chi connectivity index (χ4v) is 3.93. The molecule has 0 aliphatic rings. The Balaban J connectivity index is 3.19. The first-order valence-electron chi connectivity index (χ1n) is 13.7. The van der Waals surface area contributed by atoms with Crippen molar-refractivity contribution in [2.75, 3.05) is 6.54 Å². The van der Waals surface area contributed by atoms with Gasteiger partial charge in [-0.2, -0.15) is 0 Å². The molecule has 2 nitrogen and oxygen atoms in total. The number of carbonyl (C=O) groups excluding carboxylic acids is 1. The third kappa shape index (κ3) is 25.2. The normalized spacial score (nSPS) is 11.4. The second-order valence-corrected chi connectivity index (χ2v) is 9.16. The summed E-state index contributed by atoms with van der Waals surface area (Å²) in [6.07, 6.45) is 33.0. The van der Waals surface area contributed by atoms with Crippen molar-refractivity contribution in [1.82, 2.24) is 5.32 Å². The molecule has 0 unspecified atom stereocenters. The van der Waals surface area contributed by atoms with E-state index in [1.807, 2.05) is 0 Å². The molecule has 1 N–H and O–H groups in total. The number of rotatable bonds is 24. The van der Waals surface area contributed by atoms with E-state index in [4.69, 9.17) is 0 Å². The van der Waals surface area contributed by atoms with E-state index >= 15 is 0 Å². The van der Waals surface area contributed by atoms with Gasteiger partial charge in [-0.3, -0.25) is 4.79 Å². The van der Waals surface area contributed by atoms with Gasteiger partial charge in [0, 0.05) is 13.0 Å². The fourth-order valence-electron chi connectivity index (χ4n) is 3.93. The van der Waals surface area contributed by atoms with Gasteiger partial charge in [0.1, 0.15) is 0 Å². The molecule has 0 saturated heterocycles. The number of hydrogen-bond acceptors (Lipinski definition) is 1. The van der Waals surface area contributed by atoms with E-state index in [9.17, 15) is 4.79 Å². The zero-order valence-electron chi connectivity index (χ0n) is 20.8. The van der Waals surface area contributed by atoms with Gasteiger partial charge in [0.25, 0.3) is 0 Å². The molecule has 0 aliphatic heterocycles. The Hall–Kier alpha value is -0.790. The van der Waals surface area contributed by atoms with Crippen LogP contribution in [0.3, 0.4) is 0 Å². The minimum Gasteiger partial charge on any atom is -0.356 e. The lowest BCUT2D eigenvalue weighted by molar-refractivity contribution is -0.121. The van der Waals surface area contributed by atoms with Crippen LogP contribution < -0.4 is 5.32 Å². The van der Waals surface area contributed by atoms with Crippen LogP contribution in [-0.2, 0) is 4.79 Å². The summed E-state index contributed by atoms with van der Waals surface area (Å²) in [5.74, 6) is 0.261. The molecule has 0 aromatic heterocycles. The Kier molecular flexibility index (Phi) is 25.6. The zero-order chi connectivity index (χ0) is 22.0. The van der Waals surface area contributed by atoms with Gasteiger partial charge >= 0.3 is 0 Å². The summed E-state index contributed by atoms with van der Waals surface area (Å²) in [5, 5.41) is 3.10. The summed E-state index contributed by atoms with van der Waals surface area (Å²) < 4.78 is 0. The van der Waals surface area contributed by atoms with Gasteiger partial charge in [-0.15, -0.1) is 0 Å². The number of carbonyl (C=O) groups is 1. The first-order chi connectivity index (χ1) is 14.8. The molecule has 0 rings (SSSR count). The Labute approximate surface area is 190 Å². The SMILES string of the molecule is CCCCCC/C=C\CCCCCCCC(=O)NCCCCCCCCCCCC. The molecule has 0 radical (unpaired) electrons. The Morgan fingerprint density at radius 2 is 0.933 bits per heavy atom. The predicted molar refractivity (Wildman–Crippen MR) is 135 cm³/mol. The molecule has 178 valence electrons. The molecule has 0 heterocycles. The van der Waals surface area contributed by atoms with Gasteiger partial charge in [-0.25, -0.2) is 0 Å². The molecule has 0 fully saturated rings. The molecule has 0 atom stereocenters. The van der Waals surface area contributed by atoms with Crippen molar-refractivity contribution in [3.63, 3.8) is 0 Å². The smallest absolute Gasteiger partial charge is 0.219 e. The molecular formula is C28H55NO. The number of allylic oxidation sites excluding steroid dienone is 2. The summed E-state index contributed by atoms with van der Waals surface area (Å²) in [7, 11) is 0. The van der Waals surface area contributed by atoms with Gasteiger partial charge in [0.2, 0.25) is 5.91 Å². The van der Waals surface area contributed by atoms with Gasteiger partial charge in [-0.1, -0.05) is 122 Å². The highest BCUT2D eigenvalue weighted by Gasteiger charge is 2.00. The van der Waals surface area contributed by atoms with Gasteiger partial charge in [0.15, 0.2) is 0 Å². The van der Waals surface area contributed by atoms with Crippen LogP contribution in [0.5, 0.6) is 0 Å². The molecule has 0 bridgehead atoms. The van der Waals surface area contributed by atoms with Crippen LogP contribution in [0.1, 0.15) is 155 Å². The minimum absolute atomic E-state index is 0.261. The van der Waals surface area contributed by atoms with Crippen LogP contribution in [0.25, 0.3) is 0 Å². The maximum absolute atomic E-state index is 11.9. The zero-order valence-corrected chi connectivity index (χ0v) is 20.8. The van der Waals surface area contributed by atoms with Crippen LogP contribution >= 0.6 is 0 Å². The average Bonchev–Trinajstić information content (AvgIpc) is 2.75. The Morgan fingerprint density at radius 1 is 0.533 bits per heavy atom. The monoisotopic (exact) mass is 421 g/mol. The van der Waals surface area contributed by atoms with Crippen molar-refractivity contribution in [3.8, 4) is 0 Å². The molecule has 0 spiro atoms. The third-order valence-electron chi connectivity index (χ3n) is 6.02. The van der Waals surface area contributed by atoms with Crippen molar-refractivity contribution in [2.24, 2.45) is 0 Å². The van der Waals surface area contributed by atoms with Gasteiger partial charge in [0.05, 0.1) is 0 Å². The molecule has 2 heteroatoms. The number of hydrogen-bond donors (Lipinski definition) is 1. The highest BCUT2D eigenvalue weighted by molar-refractivity contribution is 5.75. The minimum atomic E-state index is 0.261. The summed E-state index contributed by atoms with van der Waals surface area (Å²) in [4.78, 5) is 11.9. The van der Waals surface area contributed by atoms with Crippen LogP contribution in [0.2, 0.25) is 0 Å². The van der Waals surface area contributed by atoms with Crippen LogP contribution in [0.4, 0.5) is 0 Å². The lowest BCUT2D eigenvalue weighted by atomic mass is 10.1. The molecule has 1 amide bonds. The lowest BCUT2D eigenvalue weighted by Crippen LogP contribution is -2.23. The van der Waals surface area contributed by atoms with E-state index in [0.717, 1.165) is 25.8 Å². The molecule has 30 heavy (non-hydrogen) atoms. The maximum Gasteiger partial charge on any atom is 0.219 e. The van der Waals surface area contributed by atoms with E-state index in [2.05, 4.69) is 31.3 Å². The average molecular weight is 422 g/mol. The lowest BCUT2D eigenvalue weighted by Gasteiger charge is -2.06. The topological polar surface area (TPSA) is 29.1 Å². The van der Waals surface area contributed by atoms with E-state index in [0.29, 0.717) is 0 Å². The molecule has 0 aromatic rings. The summed E-state index contributed by atoms with van der Waals surface area (Å²) >= 11 is 0. The van der Waals surface area contributed by atoms with E-state index < -0.39 is 0 Å². The van der Waals surface area contributed by atoms with Gasteiger partial charge in [-0.05, 0) is 38.5 Å². The molecule has 0 aromatic carbocycles. The summed E-state index contributed by atoms with van der Waals surface area (Å²) in [5.41, 5.74) is 0. The highest BCUT2D eigenvalue weighted by Crippen LogP contribution is 2.11. The van der Waals surface area contributed by atoms with Gasteiger partial charge < -0.3 is 5.32 Å². The van der Waals surface area contributed by atoms with Crippen LogP contribution in [0.15, 0.2) is 12.2 Å². The predicted octanol–water partition coefficient (Wildman–Crippen LogP) is 9.28. The van der Waals surface area contributed by atoms with Crippen molar-refractivity contribution in [2.45, 2.75) is 155 Å². The maximum atomic E-state index is 11.9. The molecule has 0 aliphatic carbocycles. The summed E-state index contributed by atoms with van der Waals surface area (Å²) in [6, 6.07) is 0. The van der Waals surface area contributed by atoms with Crippen LogP contribution in [-0.4, -0.2) is 12.5 Å². The first kappa shape index (κ1) is 29.2. The van der Waals surface area contributed by atoms with E-state index in [1.54, 1.807) is 0 Å². The van der Waals surface area contributed by atoms with Crippen molar-refractivity contribution in [3.05, 3.63) is 12.2 Å². The van der Waals surface area contributed by atoms with Crippen molar-refractivity contribution >= 4 is 5.91 Å². The second kappa shape index (κ2) is 26.2. The van der Waals surface area contributed by atoms with Crippen molar-refractivity contribution < 1.29 is 4.79 Å². The number of unbranched alkanes of at least 4 members (excludes halogenated alkanes) is 18. The number of nitrogens with one attached hydrogen (secondary N) is 1. The first-order valence-corrected chi connectivity index (χ1v) is 13.7. The molecule has 0 saturated carbocycles. The Morgan fingerprint density at radius 3 is 1.47 bits per heavy atom. The van der Waals surface area contributed by atoms with Crippen LogP contribution in [0, 0.1) is 0 Å². The largest absolute Gasteiger partial charge is 0.356 e. The van der Waals surface area contributed by atoms with Crippen molar-refractivity contribution in [1.29, 1.82) is 0 Å². The standard InChI is InChI=1S/C28H55NO/c1-3-5-7-9-11-13-15-16-17-18-20-22-24-26-28(30)29-27-25-23-21-19-14-12-10-8-6-4-2/h13,15H,3-12,14,16-27H2,1-2H3,(H,29,30)/b15-13-. The third-order valence-corrected chi connectivity index (χ3v) is 6.02. The molecular weight excluding hydrogens is 366 g/mol. The second-order valence-electron chi connectivity index (χ2n) is 9.16. The fraction of sp³-hybridized carbons (Fsp3) is 0.893. The quantitative estimate of drug-likeness (QED) is 0.122. The van der Waals surface area contributed by atoms with E-state index in [-0.39, 0.29) is 5.91 Å². The number of amides is 1. The highest BCUT2D eigenvalue weighted by atomic mass is 16.1. The Bertz CT molecular complexity index is 364. The summed E-state index contributed by atoms with van der Waals surface area (Å²) in [6.45, 7) is 5.41. The van der Waals surface area contributed by atoms with E-state index in [1.165, 1.54) is 122 Å².